The highest BCUT2D eigenvalue weighted by Crippen LogP contribution is 2.45. The van der Waals surface area contributed by atoms with Gasteiger partial charge in [0.15, 0.2) is 0 Å². The van der Waals surface area contributed by atoms with E-state index in [4.69, 9.17) is 0 Å². The minimum atomic E-state index is 0.478. The molecule has 3 rings (SSSR count). The Morgan fingerprint density at radius 3 is 2.94 bits per heavy atom. The molecule has 2 aliphatic carbocycles. The van der Waals surface area contributed by atoms with Gasteiger partial charge in [0.2, 0.25) is 0 Å². The van der Waals surface area contributed by atoms with Crippen LogP contribution in [0.2, 0.25) is 0 Å². The molecule has 3 fully saturated rings. The molecule has 1 N–H and O–H groups in total. The molecule has 0 spiro atoms. The summed E-state index contributed by atoms with van der Waals surface area (Å²) < 4.78 is 0. The van der Waals surface area contributed by atoms with Gasteiger partial charge in [-0.3, -0.25) is 4.90 Å². The number of hydrogen-bond acceptors (Lipinski definition) is 3. The highest BCUT2D eigenvalue weighted by Gasteiger charge is 2.48. The van der Waals surface area contributed by atoms with E-state index in [1.165, 1.54) is 45.2 Å². The molecule has 1 heterocycles. The van der Waals surface area contributed by atoms with Gasteiger partial charge in [0.05, 0.1) is 11.8 Å². The van der Waals surface area contributed by atoms with Crippen LogP contribution in [0.25, 0.3) is 0 Å². The first kappa shape index (κ1) is 10.6. The summed E-state index contributed by atoms with van der Waals surface area (Å²) in [5.74, 6) is 2.19. The first-order chi connectivity index (χ1) is 7.79. The number of hydrogen-bond donors (Lipinski definition) is 1. The minimum Gasteiger partial charge on any atom is -0.411 e. The van der Waals surface area contributed by atoms with Crippen LogP contribution < -0.4 is 0 Å². The molecular formula is C13H22N2O. The lowest BCUT2D eigenvalue weighted by atomic mass is 9.89. The second-order valence-corrected chi connectivity index (χ2v) is 5.98. The highest BCUT2D eigenvalue weighted by molar-refractivity contribution is 5.94. The molecule has 2 saturated carbocycles. The van der Waals surface area contributed by atoms with Gasteiger partial charge in [0.25, 0.3) is 0 Å². The Hall–Kier alpha value is -0.570. The maximum atomic E-state index is 9.22. The third-order valence-electron chi connectivity index (χ3n) is 4.84. The van der Waals surface area contributed by atoms with Crippen molar-refractivity contribution in [2.45, 2.75) is 45.1 Å². The van der Waals surface area contributed by atoms with E-state index in [-0.39, 0.29) is 0 Å². The molecular weight excluding hydrogens is 200 g/mol. The Bertz CT molecular complexity index is 302. The van der Waals surface area contributed by atoms with E-state index < -0.39 is 0 Å². The molecule has 90 valence electrons. The molecule has 0 aromatic carbocycles. The van der Waals surface area contributed by atoms with Gasteiger partial charge in [0.1, 0.15) is 0 Å². The van der Waals surface area contributed by atoms with Crippen LogP contribution >= 0.6 is 0 Å². The van der Waals surface area contributed by atoms with E-state index >= 15 is 0 Å². The van der Waals surface area contributed by atoms with Crippen LogP contribution in [0.5, 0.6) is 0 Å². The molecule has 0 aromatic rings. The predicted molar refractivity (Wildman–Crippen MR) is 63.8 cm³/mol. The highest BCUT2D eigenvalue weighted by atomic mass is 16.4. The summed E-state index contributed by atoms with van der Waals surface area (Å²) in [6, 6.07) is 0.478. The maximum absolute atomic E-state index is 9.22. The topological polar surface area (TPSA) is 35.8 Å². The summed E-state index contributed by atoms with van der Waals surface area (Å²) in [5, 5.41) is 12.8. The molecule has 16 heavy (non-hydrogen) atoms. The normalized spacial score (nSPS) is 46.7. The van der Waals surface area contributed by atoms with Gasteiger partial charge in [-0.15, -0.1) is 0 Å². The fourth-order valence-electron chi connectivity index (χ4n) is 4.16. The van der Waals surface area contributed by atoms with Crippen LogP contribution in [-0.2, 0) is 0 Å². The number of rotatable bonds is 1. The molecule has 3 aliphatic rings. The third-order valence-corrected chi connectivity index (χ3v) is 4.84. The van der Waals surface area contributed by atoms with Crippen LogP contribution in [-0.4, -0.2) is 35.0 Å². The third kappa shape index (κ3) is 1.56. The van der Waals surface area contributed by atoms with Crippen LogP contribution in [0.3, 0.4) is 0 Å². The summed E-state index contributed by atoms with van der Waals surface area (Å²) >= 11 is 0. The van der Waals surface area contributed by atoms with Crippen molar-refractivity contribution < 1.29 is 5.21 Å². The maximum Gasteiger partial charge on any atom is 0.0775 e. The molecule has 1 saturated heterocycles. The Balaban J connectivity index is 1.78. The van der Waals surface area contributed by atoms with Crippen molar-refractivity contribution in [2.75, 3.05) is 13.1 Å². The summed E-state index contributed by atoms with van der Waals surface area (Å²) in [6.45, 7) is 4.75. The monoisotopic (exact) mass is 222 g/mol. The van der Waals surface area contributed by atoms with E-state index in [9.17, 15) is 5.21 Å². The molecule has 0 aromatic heterocycles. The molecule has 0 unspecified atom stereocenters. The fraction of sp³-hybridized carbons (Fsp3) is 0.923. The van der Waals surface area contributed by atoms with Crippen LogP contribution in [0.4, 0.5) is 0 Å². The number of nitrogens with zero attached hydrogens (tertiary/aromatic N) is 2. The number of piperidine rings is 1. The average Bonchev–Trinajstić information content (AvgIpc) is 2.88. The fourth-order valence-corrected chi connectivity index (χ4v) is 4.16. The van der Waals surface area contributed by atoms with Gasteiger partial charge >= 0.3 is 0 Å². The lowest BCUT2D eigenvalue weighted by Crippen LogP contribution is -2.49. The van der Waals surface area contributed by atoms with Crippen molar-refractivity contribution in [1.29, 1.82) is 0 Å². The zero-order chi connectivity index (χ0) is 11.1. The van der Waals surface area contributed by atoms with Crippen molar-refractivity contribution in [3.05, 3.63) is 0 Å². The molecule has 4 atom stereocenters. The quantitative estimate of drug-likeness (QED) is 0.546. The summed E-state index contributed by atoms with van der Waals surface area (Å²) in [5.41, 5.74) is 1.10. The van der Waals surface area contributed by atoms with Crippen LogP contribution in [0.15, 0.2) is 5.16 Å². The average molecular weight is 222 g/mol. The summed E-state index contributed by atoms with van der Waals surface area (Å²) in [4.78, 5) is 2.59. The van der Waals surface area contributed by atoms with Gasteiger partial charge < -0.3 is 5.21 Å². The Kier molecular flexibility index (Phi) is 2.66. The summed E-state index contributed by atoms with van der Waals surface area (Å²) in [7, 11) is 0. The molecule has 2 bridgehead atoms. The van der Waals surface area contributed by atoms with Crippen LogP contribution in [0.1, 0.15) is 39.0 Å². The number of oxime groups is 1. The molecule has 3 nitrogen and oxygen atoms in total. The van der Waals surface area contributed by atoms with Crippen molar-refractivity contribution >= 4 is 5.71 Å². The van der Waals surface area contributed by atoms with Gasteiger partial charge in [-0.2, -0.15) is 0 Å². The predicted octanol–water partition coefficient (Wildman–Crippen LogP) is 2.35. The molecule has 1 aliphatic heterocycles. The van der Waals surface area contributed by atoms with Crippen molar-refractivity contribution in [3.8, 4) is 0 Å². The smallest absolute Gasteiger partial charge is 0.0775 e. The number of fused-ring (bicyclic) bond motifs is 2. The first-order valence-corrected chi connectivity index (χ1v) is 6.75. The summed E-state index contributed by atoms with van der Waals surface area (Å²) in [6.07, 6.45) is 6.55. The van der Waals surface area contributed by atoms with Crippen molar-refractivity contribution in [1.82, 2.24) is 4.90 Å². The molecule has 0 radical (unpaired) electrons. The van der Waals surface area contributed by atoms with Crippen molar-refractivity contribution in [2.24, 2.45) is 22.9 Å². The number of likely N-dealkylation sites (tertiary alicyclic amines) is 1. The SMILES string of the molecule is C[C@H]1CCCN([C@H]2/C(=N/O)[C@H]3CC[C@@H]2C3)C1. The van der Waals surface area contributed by atoms with Gasteiger partial charge in [-0.25, -0.2) is 0 Å². The zero-order valence-electron chi connectivity index (χ0n) is 10.1. The Labute approximate surface area is 97.5 Å². The van der Waals surface area contributed by atoms with Gasteiger partial charge in [-0.1, -0.05) is 12.1 Å². The lowest BCUT2D eigenvalue weighted by molar-refractivity contribution is 0.131. The van der Waals surface area contributed by atoms with E-state index in [0.717, 1.165) is 17.5 Å². The lowest BCUT2D eigenvalue weighted by Gasteiger charge is -2.39. The van der Waals surface area contributed by atoms with Gasteiger partial charge in [-0.05, 0) is 50.5 Å². The first-order valence-electron chi connectivity index (χ1n) is 6.75. The largest absolute Gasteiger partial charge is 0.411 e. The van der Waals surface area contributed by atoms with E-state index in [0.29, 0.717) is 12.0 Å². The Morgan fingerprint density at radius 1 is 1.31 bits per heavy atom. The molecule has 0 amide bonds. The van der Waals surface area contributed by atoms with E-state index in [1.54, 1.807) is 0 Å². The standard InChI is InChI=1S/C13H22N2O/c1-9-3-2-6-15(8-9)13-11-5-4-10(7-11)12(13)14-16/h9-11,13,16H,2-8H2,1H3/b14-12+/t9-,10-,11+,13+/m0/s1. The second-order valence-electron chi connectivity index (χ2n) is 5.98. The second kappa shape index (κ2) is 4.02. The minimum absolute atomic E-state index is 0.478. The van der Waals surface area contributed by atoms with E-state index in [1.807, 2.05) is 0 Å². The molecule has 3 heteroatoms. The van der Waals surface area contributed by atoms with Crippen LogP contribution in [0, 0.1) is 17.8 Å². The van der Waals surface area contributed by atoms with E-state index in [2.05, 4.69) is 17.0 Å². The Morgan fingerprint density at radius 2 is 2.19 bits per heavy atom. The zero-order valence-corrected chi connectivity index (χ0v) is 10.1. The van der Waals surface area contributed by atoms with Crippen molar-refractivity contribution in [3.63, 3.8) is 0 Å². The van der Waals surface area contributed by atoms with Gasteiger partial charge in [0, 0.05) is 12.5 Å².